The van der Waals surface area contributed by atoms with Crippen LogP contribution in [0, 0.1) is 5.92 Å². The van der Waals surface area contributed by atoms with E-state index in [4.69, 9.17) is 9.47 Å². The summed E-state index contributed by atoms with van der Waals surface area (Å²) in [5, 5.41) is 2.78. The van der Waals surface area contributed by atoms with Gasteiger partial charge in [0.2, 0.25) is 15.9 Å². The average Bonchev–Trinajstić information content (AvgIpc) is 2.94. The Kier molecular flexibility index (Phi) is 8.78. The molecule has 12 heteroatoms. The maximum absolute atomic E-state index is 13.1. The van der Waals surface area contributed by atoms with Crippen LogP contribution < -0.4 is 19.5 Å². The standard InChI is InChI=1S/C27H31N3O7S2/c1-3-37-24-10-6-22(7-11-24)29-38(32,33)25-14-8-21(9-15-25)28-27(31)20-5-4-18-30(19-20)39(34,35)26-16-12-23(36-2)13-17-26/h6-17,20,29H,3-5,18-19H2,1-2H3,(H,28,31). The minimum Gasteiger partial charge on any atom is -0.497 e. The summed E-state index contributed by atoms with van der Waals surface area (Å²) in [6.07, 6.45) is 1.08. The fraction of sp³-hybridized carbons (Fsp3) is 0.296. The fourth-order valence-electron chi connectivity index (χ4n) is 4.23. The Morgan fingerprint density at radius 1 is 0.872 bits per heavy atom. The van der Waals surface area contributed by atoms with Crippen molar-refractivity contribution in [2.75, 3.05) is 36.8 Å². The zero-order valence-electron chi connectivity index (χ0n) is 21.7. The van der Waals surface area contributed by atoms with Gasteiger partial charge < -0.3 is 14.8 Å². The molecule has 1 amide bonds. The van der Waals surface area contributed by atoms with Gasteiger partial charge in [-0.25, -0.2) is 16.8 Å². The molecule has 1 atom stereocenters. The highest BCUT2D eigenvalue weighted by atomic mass is 32.2. The molecule has 0 bridgehead atoms. The SMILES string of the molecule is CCOc1ccc(NS(=O)(=O)c2ccc(NC(=O)C3CCCN(S(=O)(=O)c4ccc(OC)cc4)C3)cc2)cc1. The number of rotatable bonds is 10. The Morgan fingerprint density at radius 2 is 1.46 bits per heavy atom. The molecule has 1 heterocycles. The van der Waals surface area contributed by atoms with Gasteiger partial charge in [-0.15, -0.1) is 0 Å². The second kappa shape index (κ2) is 12.1. The zero-order chi connectivity index (χ0) is 28.0. The molecule has 0 aromatic heterocycles. The summed E-state index contributed by atoms with van der Waals surface area (Å²) in [5.74, 6) is 0.319. The summed E-state index contributed by atoms with van der Waals surface area (Å²) < 4.78 is 66.1. The molecule has 0 spiro atoms. The number of sulfonamides is 2. The monoisotopic (exact) mass is 573 g/mol. The van der Waals surface area contributed by atoms with E-state index in [1.165, 1.54) is 47.8 Å². The number of methoxy groups -OCH3 is 1. The lowest BCUT2D eigenvalue weighted by Gasteiger charge is -2.31. The summed E-state index contributed by atoms with van der Waals surface area (Å²) in [6.45, 7) is 2.75. The van der Waals surface area contributed by atoms with E-state index in [9.17, 15) is 21.6 Å². The van der Waals surface area contributed by atoms with Gasteiger partial charge in [0.05, 0.1) is 29.4 Å². The molecular weight excluding hydrogens is 542 g/mol. The van der Waals surface area contributed by atoms with Crippen molar-refractivity contribution in [1.29, 1.82) is 0 Å². The quantitative estimate of drug-likeness (QED) is 0.376. The summed E-state index contributed by atoms with van der Waals surface area (Å²) in [5.41, 5.74) is 0.803. The van der Waals surface area contributed by atoms with E-state index in [1.807, 2.05) is 6.92 Å². The number of anilines is 2. The third-order valence-corrected chi connectivity index (χ3v) is 9.58. The summed E-state index contributed by atoms with van der Waals surface area (Å²) in [4.78, 5) is 13.1. The molecular formula is C27H31N3O7S2. The Labute approximate surface area is 229 Å². The van der Waals surface area contributed by atoms with Gasteiger partial charge in [0.1, 0.15) is 11.5 Å². The van der Waals surface area contributed by atoms with Gasteiger partial charge in [-0.05, 0) is 92.6 Å². The molecule has 0 radical (unpaired) electrons. The predicted octanol–water partition coefficient (Wildman–Crippen LogP) is 3.93. The minimum absolute atomic E-state index is 0.0313. The van der Waals surface area contributed by atoms with Crippen LogP contribution in [0.25, 0.3) is 0 Å². The molecule has 1 saturated heterocycles. The molecule has 10 nitrogen and oxygen atoms in total. The number of hydrogen-bond acceptors (Lipinski definition) is 7. The molecule has 1 fully saturated rings. The van der Waals surface area contributed by atoms with Gasteiger partial charge in [-0.3, -0.25) is 9.52 Å². The number of carbonyl (C=O) groups is 1. The molecule has 208 valence electrons. The highest BCUT2D eigenvalue weighted by molar-refractivity contribution is 7.92. The van der Waals surface area contributed by atoms with E-state index < -0.39 is 26.0 Å². The average molecular weight is 574 g/mol. The molecule has 0 aliphatic carbocycles. The Morgan fingerprint density at radius 3 is 2.08 bits per heavy atom. The van der Waals surface area contributed by atoms with Crippen LogP contribution in [0.1, 0.15) is 19.8 Å². The highest BCUT2D eigenvalue weighted by Crippen LogP contribution is 2.26. The number of piperidine rings is 1. The van der Waals surface area contributed by atoms with Gasteiger partial charge in [-0.1, -0.05) is 0 Å². The predicted molar refractivity (Wildman–Crippen MR) is 148 cm³/mol. The lowest BCUT2D eigenvalue weighted by molar-refractivity contribution is -0.120. The first-order valence-corrected chi connectivity index (χ1v) is 15.4. The van der Waals surface area contributed by atoms with Crippen LogP contribution in [0.15, 0.2) is 82.6 Å². The first-order chi connectivity index (χ1) is 18.6. The molecule has 2 N–H and O–H groups in total. The maximum atomic E-state index is 13.1. The first kappa shape index (κ1) is 28.4. The van der Waals surface area contributed by atoms with Crippen LogP contribution >= 0.6 is 0 Å². The van der Waals surface area contributed by atoms with E-state index >= 15 is 0 Å². The topological polar surface area (TPSA) is 131 Å². The molecule has 1 aliphatic rings. The van der Waals surface area contributed by atoms with E-state index in [-0.39, 0.29) is 22.2 Å². The zero-order valence-corrected chi connectivity index (χ0v) is 23.3. The van der Waals surface area contributed by atoms with E-state index in [2.05, 4.69) is 10.0 Å². The minimum atomic E-state index is -3.84. The summed E-state index contributed by atoms with van der Waals surface area (Å²) in [6, 6.07) is 18.5. The van der Waals surface area contributed by atoms with Crippen LogP contribution in [0.5, 0.6) is 11.5 Å². The normalized spacial score (nSPS) is 16.3. The van der Waals surface area contributed by atoms with Crippen molar-refractivity contribution in [3.8, 4) is 11.5 Å². The lowest BCUT2D eigenvalue weighted by Crippen LogP contribution is -2.43. The largest absolute Gasteiger partial charge is 0.497 e. The van der Waals surface area contributed by atoms with E-state index in [0.717, 1.165) is 0 Å². The first-order valence-electron chi connectivity index (χ1n) is 12.4. The van der Waals surface area contributed by atoms with Crippen LogP contribution in [-0.4, -0.2) is 53.9 Å². The van der Waals surface area contributed by atoms with Gasteiger partial charge >= 0.3 is 0 Å². The van der Waals surface area contributed by atoms with Crippen molar-refractivity contribution in [3.63, 3.8) is 0 Å². The van der Waals surface area contributed by atoms with Crippen LogP contribution in [0.3, 0.4) is 0 Å². The Bertz CT molecular complexity index is 1490. The van der Waals surface area contributed by atoms with Crippen LogP contribution in [-0.2, 0) is 24.8 Å². The number of benzene rings is 3. The Hall–Kier alpha value is -3.61. The van der Waals surface area contributed by atoms with Gasteiger partial charge in [0, 0.05) is 24.5 Å². The molecule has 0 saturated carbocycles. The fourth-order valence-corrected chi connectivity index (χ4v) is 6.82. The molecule has 1 unspecified atom stereocenters. The number of amides is 1. The number of nitrogens with one attached hydrogen (secondary N) is 2. The second-order valence-electron chi connectivity index (χ2n) is 8.95. The third-order valence-electron chi connectivity index (χ3n) is 6.30. The van der Waals surface area contributed by atoms with Crippen molar-refractivity contribution < 1.29 is 31.1 Å². The number of nitrogens with zero attached hydrogens (tertiary/aromatic N) is 1. The third kappa shape index (κ3) is 6.88. The molecule has 1 aliphatic heterocycles. The van der Waals surface area contributed by atoms with Crippen molar-refractivity contribution in [1.82, 2.24) is 4.31 Å². The van der Waals surface area contributed by atoms with Crippen molar-refractivity contribution in [2.45, 2.75) is 29.6 Å². The smallest absolute Gasteiger partial charge is 0.261 e. The van der Waals surface area contributed by atoms with Crippen LogP contribution in [0.4, 0.5) is 11.4 Å². The van der Waals surface area contributed by atoms with Crippen LogP contribution in [0.2, 0.25) is 0 Å². The maximum Gasteiger partial charge on any atom is 0.261 e. The highest BCUT2D eigenvalue weighted by Gasteiger charge is 2.33. The van der Waals surface area contributed by atoms with E-state index in [0.29, 0.717) is 48.9 Å². The van der Waals surface area contributed by atoms with Crippen molar-refractivity contribution >= 4 is 37.3 Å². The second-order valence-corrected chi connectivity index (χ2v) is 12.6. The lowest BCUT2D eigenvalue weighted by atomic mass is 9.99. The number of ether oxygens (including phenoxy) is 2. The number of carbonyl (C=O) groups excluding carboxylic acids is 1. The van der Waals surface area contributed by atoms with Gasteiger partial charge in [0.15, 0.2) is 0 Å². The van der Waals surface area contributed by atoms with Gasteiger partial charge in [0.25, 0.3) is 10.0 Å². The molecule has 4 rings (SSSR count). The molecule has 3 aromatic rings. The Balaban J connectivity index is 1.38. The summed E-state index contributed by atoms with van der Waals surface area (Å²) >= 11 is 0. The number of hydrogen-bond donors (Lipinski definition) is 2. The molecule has 39 heavy (non-hydrogen) atoms. The summed E-state index contributed by atoms with van der Waals surface area (Å²) in [7, 11) is -6.10. The molecule has 3 aromatic carbocycles. The van der Waals surface area contributed by atoms with Crippen molar-refractivity contribution in [2.24, 2.45) is 5.92 Å². The van der Waals surface area contributed by atoms with E-state index in [1.54, 1.807) is 36.4 Å². The van der Waals surface area contributed by atoms with Gasteiger partial charge in [-0.2, -0.15) is 4.31 Å². The van der Waals surface area contributed by atoms with Crippen molar-refractivity contribution in [3.05, 3.63) is 72.8 Å².